The summed E-state index contributed by atoms with van der Waals surface area (Å²) in [6, 6.07) is 18.3. The van der Waals surface area contributed by atoms with Crippen LogP contribution >= 0.6 is 11.9 Å². The third-order valence-corrected chi connectivity index (χ3v) is 9.37. The standard InChI is InChI=1S/C29H34N2O4S/c1-19-25(30-28(33)35-18-20-6-4-3-5-7-20)26(36-31-19)23-10-8-21(9-11-23)22-12-14-24(15-13-22)29(16-17-29)27(32)34-2/h3-7,12-15,21,23,25-26H,8-11,16-18H2,1-2H3,(H,30,33). The first-order chi connectivity index (χ1) is 17.5. The lowest BCUT2D eigenvalue weighted by Gasteiger charge is -2.34. The number of benzene rings is 2. The van der Waals surface area contributed by atoms with Gasteiger partial charge in [0.25, 0.3) is 0 Å². The molecule has 0 bridgehead atoms. The van der Waals surface area contributed by atoms with E-state index in [9.17, 15) is 9.59 Å². The Morgan fingerprint density at radius 3 is 2.36 bits per heavy atom. The van der Waals surface area contributed by atoms with Gasteiger partial charge in [-0.25, -0.2) is 9.19 Å². The second kappa shape index (κ2) is 10.7. The third-order valence-electron chi connectivity index (χ3n) is 8.08. The molecule has 36 heavy (non-hydrogen) atoms. The number of nitrogens with zero attached hydrogens (tertiary/aromatic N) is 1. The molecule has 2 atom stereocenters. The van der Waals surface area contributed by atoms with Gasteiger partial charge in [0, 0.05) is 5.71 Å². The quantitative estimate of drug-likeness (QED) is 0.371. The summed E-state index contributed by atoms with van der Waals surface area (Å²) < 4.78 is 15.1. The van der Waals surface area contributed by atoms with E-state index < -0.39 is 5.41 Å². The zero-order valence-corrected chi connectivity index (χ0v) is 21.8. The van der Waals surface area contributed by atoms with Gasteiger partial charge in [-0.2, -0.15) is 0 Å². The van der Waals surface area contributed by atoms with Gasteiger partial charge in [0.1, 0.15) is 6.61 Å². The third kappa shape index (κ3) is 5.17. The van der Waals surface area contributed by atoms with Gasteiger partial charge in [-0.1, -0.05) is 54.6 Å². The Labute approximate surface area is 217 Å². The second-order valence-electron chi connectivity index (χ2n) is 10.3. The largest absolute Gasteiger partial charge is 0.468 e. The highest BCUT2D eigenvalue weighted by Crippen LogP contribution is 2.50. The van der Waals surface area contributed by atoms with E-state index in [1.165, 1.54) is 12.7 Å². The molecule has 1 amide bonds. The Hall–Kier alpha value is -2.80. The summed E-state index contributed by atoms with van der Waals surface area (Å²) in [5, 5.41) is 3.32. The van der Waals surface area contributed by atoms with E-state index in [2.05, 4.69) is 34.0 Å². The normalized spacial score (nSPS) is 26.6. The van der Waals surface area contributed by atoms with E-state index in [4.69, 9.17) is 9.47 Å². The summed E-state index contributed by atoms with van der Waals surface area (Å²) >= 11 is 1.61. The summed E-state index contributed by atoms with van der Waals surface area (Å²) in [6.45, 7) is 2.25. The van der Waals surface area contributed by atoms with Crippen molar-refractivity contribution in [3.63, 3.8) is 0 Å². The molecule has 2 fully saturated rings. The van der Waals surface area contributed by atoms with Crippen LogP contribution in [0.15, 0.2) is 59.0 Å². The molecule has 0 aromatic heterocycles. The first kappa shape index (κ1) is 24.9. The average Bonchev–Trinajstić information content (AvgIpc) is 3.66. The Balaban J connectivity index is 1.14. The van der Waals surface area contributed by atoms with E-state index in [-0.39, 0.29) is 30.0 Å². The van der Waals surface area contributed by atoms with E-state index in [1.54, 1.807) is 11.9 Å². The molecule has 0 spiro atoms. The number of nitrogens with one attached hydrogen (secondary N) is 1. The van der Waals surface area contributed by atoms with Gasteiger partial charge in [-0.15, -0.1) is 0 Å². The monoisotopic (exact) mass is 506 g/mol. The molecule has 5 rings (SSSR count). The van der Waals surface area contributed by atoms with Gasteiger partial charge in [-0.05, 0) is 85.9 Å². The minimum Gasteiger partial charge on any atom is -0.468 e. The van der Waals surface area contributed by atoms with Crippen LogP contribution < -0.4 is 5.32 Å². The maximum Gasteiger partial charge on any atom is 0.408 e. The number of hydrogen-bond donors (Lipinski definition) is 1. The van der Waals surface area contributed by atoms with Gasteiger partial charge in [0.2, 0.25) is 0 Å². The van der Waals surface area contributed by atoms with Crippen molar-refractivity contribution in [1.82, 2.24) is 5.32 Å². The molecule has 3 aliphatic rings. The highest BCUT2D eigenvalue weighted by Gasteiger charge is 2.52. The fourth-order valence-corrected chi connectivity index (χ4v) is 6.95. The first-order valence-corrected chi connectivity index (χ1v) is 13.7. The number of ether oxygens (including phenoxy) is 2. The fraction of sp³-hybridized carbons (Fsp3) is 0.483. The number of rotatable bonds is 7. The van der Waals surface area contributed by atoms with E-state index in [1.807, 2.05) is 37.3 Å². The average molecular weight is 507 g/mol. The predicted molar refractivity (Wildman–Crippen MR) is 142 cm³/mol. The molecule has 1 heterocycles. The van der Waals surface area contributed by atoms with Crippen molar-refractivity contribution in [2.24, 2.45) is 10.3 Å². The summed E-state index contributed by atoms with van der Waals surface area (Å²) in [6.07, 6.45) is 5.81. The van der Waals surface area contributed by atoms with Crippen molar-refractivity contribution in [1.29, 1.82) is 0 Å². The van der Waals surface area contributed by atoms with Crippen LogP contribution in [0.2, 0.25) is 0 Å². The zero-order chi connectivity index (χ0) is 25.1. The summed E-state index contributed by atoms with van der Waals surface area (Å²) in [5.41, 5.74) is 3.95. The van der Waals surface area contributed by atoms with Crippen molar-refractivity contribution < 1.29 is 19.1 Å². The Morgan fingerprint density at radius 2 is 1.72 bits per heavy atom. The minimum atomic E-state index is -0.410. The number of carbonyl (C=O) groups is 2. The number of alkyl carbamates (subject to hydrolysis) is 1. The van der Waals surface area contributed by atoms with Gasteiger partial charge in [0.15, 0.2) is 0 Å². The molecule has 2 aromatic carbocycles. The molecule has 0 radical (unpaired) electrons. The molecule has 6 nitrogen and oxygen atoms in total. The molecular weight excluding hydrogens is 472 g/mol. The van der Waals surface area contributed by atoms with E-state index in [0.29, 0.717) is 11.8 Å². The Morgan fingerprint density at radius 1 is 1.03 bits per heavy atom. The highest BCUT2D eigenvalue weighted by molar-refractivity contribution is 7.99. The van der Waals surface area contributed by atoms with Crippen molar-refractivity contribution in [3.8, 4) is 0 Å². The Bertz CT molecular complexity index is 1110. The lowest BCUT2D eigenvalue weighted by molar-refractivity contribution is -0.143. The number of esters is 1. The molecule has 2 unspecified atom stereocenters. The molecule has 1 aliphatic heterocycles. The maximum atomic E-state index is 12.5. The molecule has 1 N–H and O–H groups in total. The van der Waals surface area contributed by atoms with Gasteiger partial charge in [0.05, 0.1) is 23.8 Å². The molecule has 2 aliphatic carbocycles. The Kier molecular flexibility index (Phi) is 7.37. The summed E-state index contributed by atoms with van der Waals surface area (Å²) in [4.78, 5) is 24.7. The van der Waals surface area contributed by atoms with Crippen LogP contribution in [-0.2, 0) is 26.3 Å². The van der Waals surface area contributed by atoms with Crippen LogP contribution in [0.25, 0.3) is 0 Å². The van der Waals surface area contributed by atoms with Crippen LogP contribution in [0.3, 0.4) is 0 Å². The molecule has 190 valence electrons. The number of carbonyl (C=O) groups excluding carboxylic acids is 2. The fourth-order valence-electron chi connectivity index (χ4n) is 5.72. The van der Waals surface area contributed by atoms with Crippen LogP contribution in [0.1, 0.15) is 68.1 Å². The first-order valence-electron chi connectivity index (χ1n) is 12.9. The molecule has 0 saturated heterocycles. The number of amides is 1. The second-order valence-corrected chi connectivity index (χ2v) is 11.2. The van der Waals surface area contributed by atoms with Crippen LogP contribution in [0, 0.1) is 5.92 Å². The topological polar surface area (TPSA) is 77.0 Å². The van der Waals surface area contributed by atoms with Crippen LogP contribution in [0.5, 0.6) is 0 Å². The van der Waals surface area contributed by atoms with Crippen LogP contribution in [0.4, 0.5) is 4.79 Å². The summed E-state index contributed by atoms with van der Waals surface area (Å²) in [7, 11) is 1.47. The lowest BCUT2D eigenvalue weighted by atomic mass is 9.75. The molecular formula is C29H34N2O4S. The molecule has 2 aromatic rings. The van der Waals surface area contributed by atoms with Gasteiger partial charge < -0.3 is 14.8 Å². The van der Waals surface area contributed by atoms with Crippen molar-refractivity contribution in [2.45, 2.75) is 74.7 Å². The van der Waals surface area contributed by atoms with Gasteiger partial charge in [-0.3, -0.25) is 4.79 Å². The zero-order valence-electron chi connectivity index (χ0n) is 20.9. The van der Waals surface area contributed by atoms with Crippen molar-refractivity contribution >= 4 is 29.7 Å². The van der Waals surface area contributed by atoms with E-state index >= 15 is 0 Å². The maximum absolute atomic E-state index is 12.5. The van der Waals surface area contributed by atoms with Gasteiger partial charge >= 0.3 is 12.1 Å². The smallest absolute Gasteiger partial charge is 0.408 e. The van der Waals surface area contributed by atoms with Crippen molar-refractivity contribution in [2.75, 3.05) is 7.11 Å². The number of hydrogen-bond acceptors (Lipinski definition) is 6. The molecule has 2 saturated carbocycles. The minimum absolute atomic E-state index is 0.0906. The number of methoxy groups -OCH3 is 1. The highest BCUT2D eigenvalue weighted by atomic mass is 32.2. The lowest BCUT2D eigenvalue weighted by Crippen LogP contribution is -2.47. The summed E-state index contributed by atoms with van der Waals surface area (Å²) in [5.74, 6) is 0.911. The predicted octanol–water partition coefficient (Wildman–Crippen LogP) is 5.95. The van der Waals surface area contributed by atoms with Crippen molar-refractivity contribution in [3.05, 3.63) is 71.3 Å². The van der Waals surface area contributed by atoms with E-state index in [0.717, 1.165) is 55.4 Å². The SMILES string of the molecule is COC(=O)C1(c2ccc(C3CCC(C4SN=C(C)C4NC(=O)OCc4ccccc4)CC3)cc2)CC1. The van der Waals surface area contributed by atoms with Crippen LogP contribution in [-0.4, -0.2) is 36.2 Å². The molecule has 7 heteroatoms.